The molecular weight excluding hydrogens is 524 g/mol. The Hall–Kier alpha value is -3.59. The molecule has 1 heterocycles. The van der Waals surface area contributed by atoms with Crippen LogP contribution in [-0.4, -0.2) is 114 Å². The highest BCUT2D eigenvalue weighted by Gasteiger charge is 2.18. The van der Waals surface area contributed by atoms with E-state index in [1.165, 1.54) is 0 Å². The van der Waals surface area contributed by atoms with Crippen LogP contribution in [0.1, 0.15) is 32.3 Å². The van der Waals surface area contributed by atoms with E-state index >= 15 is 0 Å². The van der Waals surface area contributed by atoms with Crippen molar-refractivity contribution < 1.29 is 44.1 Å². The van der Waals surface area contributed by atoms with Gasteiger partial charge in [-0.05, 0) is 24.3 Å². The van der Waals surface area contributed by atoms with Crippen LogP contribution < -0.4 is 21.9 Å². The number of carbonyl (C=O) groups excluding carboxylic acids is 2. The fourth-order valence-corrected chi connectivity index (χ4v) is 3.01. The molecule has 0 bridgehead atoms. The predicted molar refractivity (Wildman–Crippen MR) is 148 cm³/mol. The zero-order chi connectivity index (χ0) is 31.6. The average Bonchev–Trinajstić information content (AvgIpc) is 3.08. The van der Waals surface area contributed by atoms with Gasteiger partial charge in [0.15, 0.2) is 5.96 Å². The fourth-order valence-electron chi connectivity index (χ4n) is 3.01. The van der Waals surface area contributed by atoms with E-state index in [1.54, 1.807) is 11.9 Å². The van der Waals surface area contributed by atoms with Gasteiger partial charge in [-0.15, -0.1) is 0 Å². The molecule has 2 rings (SSSR count). The molecule has 0 aromatic heterocycles. The summed E-state index contributed by atoms with van der Waals surface area (Å²) in [5.41, 5.74) is 11.5. The highest BCUT2D eigenvalue weighted by atomic mass is 16.4. The van der Waals surface area contributed by atoms with Gasteiger partial charge in [0.25, 0.3) is 0 Å². The summed E-state index contributed by atoms with van der Waals surface area (Å²) in [7, 11) is 7.36. The lowest BCUT2D eigenvalue weighted by Gasteiger charge is -2.26. The van der Waals surface area contributed by atoms with Crippen LogP contribution in [0.4, 0.5) is 0 Å². The molecule has 1 fully saturated rings. The normalized spacial score (nSPS) is 14.7. The number of nitrogens with one attached hydrogen (secondary N) is 2. The van der Waals surface area contributed by atoms with Crippen molar-refractivity contribution in [2.45, 2.75) is 51.3 Å². The molecule has 3 atom stereocenters. The minimum Gasteiger partial charge on any atom is -0.550 e. The highest BCUT2D eigenvalue weighted by molar-refractivity contribution is 6.02. The standard InChI is InChI=1S/C9H11NO2.C7H15NO3.C6H13NO2.C4H7N3O/c10-8(9(11)12)6-7-4-2-1-3-5-7;1-8(2,3)5-6(9)4-7(10)11;1-4(2)3-5(7)6(8)9;1-7-2-3(8)6-4(7)5/h1-5,8H,6,10H2,(H,11,12);6,9H,4-5H2,1-3H3;4-5H,3,7H2,1-2H3,(H,8,9);2H2,1H3,(H2,5,6,8)/t8-;;;/m0.../s1. The average molecular weight is 571 g/mol. The number of guanidine groups is 1. The second-order valence-electron chi connectivity index (χ2n) is 10.7. The largest absolute Gasteiger partial charge is 0.550 e. The predicted octanol–water partition coefficient (Wildman–Crippen LogP) is -1.74. The first kappa shape index (κ1) is 38.6. The van der Waals surface area contributed by atoms with Gasteiger partial charge < -0.3 is 46.1 Å². The number of amides is 1. The number of carboxylic acid groups (broad SMARTS) is 3. The molecule has 0 radical (unpaired) electrons. The Kier molecular flexibility index (Phi) is 18.8. The number of aliphatic carboxylic acids is 3. The zero-order valence-electron chi connectivity index (χ0n) is 24.2. The molecule has 0 spiro atoms. The topological polar surface area (TPSA) is 243 Å². The number of quaternary nitrogens is 1. The van der Waals surface area contributed by atoms with Gasteiger partial charge in [0.1, 0.15) is 24.7 Å². The van der Waals surface area contributed by atoms with E-state index < -0.39 is 36.1 Å². The first-order valence-corrected chi connectivity index (χ1v) is 12.5. The number of aliphatic hydroxyl groups is 1. The summed E-state index contributed by atoms with van der Waals surface area (Å²) >= 11 is 0. The molecule has 228 valence electrons. The third kappa shape index (κ3) is 22.4. The minimum absolute atomic E-state index is 0.0995. The molecule has 14 heteroatoms. The summed E-state index contributed by atoms with van der Waals surface area (Å²) in [5.74, 6) is -2.63. The first-order valence-electron chi connectivity index (χ1n) is 12.5. The SMILES string of the molecule is CC(C)CC(N)C(=O)O.CN1CC(=O)NC1=N.C[N+](C)(C)CC(O)CC(=O)[O-].N[C@@H](Cc1ccccc1)C(=O)O. The molecule has 40 heavy (non-hydrogen) atoms. The lowest BCUT2D eigenvalue weighted by atomic mass is 10.1. The number of carbonyl (C=O) groups is 4. The van der Waals surface area contributed by atoms with Crippen LogP contribution in [0.25, 0.3) is 0 Å². The van der Waals surface area contributed by atoms with Gasteiger partial charge in [0.2, 0.25) is 5.91 Å². The molecule has 14 nitrogen and oxygen atoms in total. The summed E-state index contributed by atoms with van der Waals surface area (Å²) in [6, 6.07) is 7.85. The molecule has 0 saturated carbocycles. The summed E-state index contributed by atoms with van der Waals surface area (Å²) in [5, 5.41) is 45.3. The van der Waals surface area contributed by atoms with Crippen molar-refractivity contribution in [1.29, 1.82) is 5.41 Å². The second kappa shape index (κ2) is 19.5. The van der Waals surface area contributed by atoms with Crippen LogP contribution in [0.3, 0.4) is 0 Å². The maximum absolute atomic E-state index is 10.4. The Labute approximate surface area is 235 Å². The van der Waals surface area contributed by atoms with Gasteiger partial charge in [-0.1, -0.05) is 44.2 Å². The molecule has 1 aliphatic rings. The van der Waals surface area contributed by atoms with Crippen molar-refractivity contribution in [2.75, 3.05) is 41.3 Å². The quantitative estimate of drug-likeness (QED) is 0.156. The summed E-state index contributed by atoms with van der Waals surface area (Å²) in [6.07, 6.45) is -0.152. The molecule has 1 aromatic rings. The van der Waals surface area contributed by atoms with Crippen LogP contribution in [0.15, 0.2) is 30.3 Å². The number of hydrogen-bond donors (Lipinski definition) is 7. The van der Waals surface area contributed by atoms with Gasteiger partial charge in [0.05, 0.1) is 27.7 Å². The number of carboxylic acids is 3. The smallest absolute Gasteiger partial charge is 0.320 e. The first-order chi connectivity index (χ1) is 18.2. The Morgan fingerprint density at radius 2 is 1.57 bits per heavy atom. The molecule has 2 unspecified atom stereocenters. The zero-order valence-corrected chi connectivity index (χ0v) is 24.2. The van der Waals surface area contributed by atoms with Crippen molar-refractivity contribution in [3.05, 3.63) is 35.9 Å². The molecule has 0 aliphatic carbocycles. The van der Waals surface area contributed by atoms with Crippen molar-refractivity contribution >= 4 is 29.8 Å². The third-order valence-electron chi connectivity index (χ3n) is 4.84. The van der Waals surface area contributed by atoms with Crippen LogP contribution in [0.2, 0.25) is 0 Å². The molecule has 1 saturated heterocycles. The Morgan fingerprint density at radius 1 is 1.07 bits per heavy atom. The molecule has 1 aromatic carbocycles. The van der Waals surface area contributed by atoms with Gasteiger partial charge in [-0.3, -0.25) is 25.1 Å². The molecular formula is C26H46N6O8. The van der Waals surface area contributed by atoms with E-state index in [1.807, 2.05) is 65.3 Å². The second-order valence-corrected chi connectivity index (χ2v) is 10.7. The van der Waals surface area contributed by atoms with Gasteiger partial charge in [-0.2, -0.15) is 0 Å². The summed E-state index contributed by atoms with van der Waals surface area (Å²) in [6.45, 7) is 4.64. The van der Waals surface area contributed by atoms with Crippen LogP contribution in [0, 0.1) is 11.3 Å². The monoisotopic (exact) mass is 570 g/mol. The lowest BCUT2D eigenvalue weighted by molar-refractivity contribution is -0.873. The van der Waals surface area contributed by atoms with Crippen LogP contribution in [-0.2, 0) is 25.6 Å². The van der Waals surface area contributed by atoms with E-state index in [4.69, 9.17) is 32.2 Å². The van der Waals surface area contributed by atoms with Crippen molar-refractivity contribution in [1.82, 2.24) is 10.2 Å². The number of rotatable bonds is 10. The van der Waals surface area contributed by atoms with Crippen LogP contribution in [0.5, 0.6) is 0 Å². The number of nitrogens with zero attached hydrogens (tertiary/aromatic N) is 2. The lowest BCUT2D eigenvalue weighted by Crippen LogP contribution is -2.43. The van der Waals surface area contributed by atoms with E-state index in [9.17, 15) is 24.3 Å². The van der Waals surface area contributed by atoms with E-state index in [2.05, 4.69) is 5.32 Å². The fraction of sp³-hybridized carbons (Fsp3) is 0.577. The summed E-state index contributed by atoms with van der Waals surface area (Å²) < 4.78 is 0.550. The van der Waals surface area contributed by atoms with Gasteiger partial charge >= 0.3 is 11.9 Å². The third-order valence-corrected chi connectivity index (χ3v) is 4.84. The number of nitrogens with two attached hydrogens (primary N) is 2. The Morgan fingerprint density at radius 3 is 1.85 bits per heavy atom. The maximum Gasteiger partial charge on any atom is 0.320 e. The van der Waals surface area contributed by atoms with Crippen molar-refractivity contribution in [3.8, 4) is 0 Å². The van der Waals surface area contributed by atoms with E-state index in [0.717, 1.165) is 5.56 Å². The molecule has 9 N–H and O–H groups in total. The van der Waals surface area contributed by atoms with Gasteiger partial charge in [0, 0.05) is 19.4 Å². The summed E-state index contributed by atoms with van der Waals surface area (Å²) in [4.78, 5) is 42.4. The van der Waals surface area contributed by atoms with E-state index in [0.29, 0.717) is 36.3 Å². The number of likely N-dealkylation sites (N-methyl/N-ethyl adjacent to an activating group) is 2. The van der Waals surface area contributed by atoms with Crippen LogP contribution >= 0.6 is 0 Å². The number of benzene rings is 1. The maximum atomic E-state index is 10.4. The molecule has 1 aliphatic heterocycles. The highest BCUT2D eigenvalue weighted by Crippen LogP contribution is 2.02. The molecule has 1 amide bonds. The minimum atomic E-state index is -1.20. The number of aliphatic hydroxyl groups excluding tert-OH is 1. The van der Waals surface area contributed by atoms with Crippen molar-refractivity contribution in [2.24, 2.45) is 17.4 Å². The van der Waals surface area contributed by atoms with Gasteiger partial charge in [-0.25, -0.2) is 0 Å². The van der Waals surface area contributed by atoms with Crippen molar-refractivity contribution in [3.63, 3.8) is 0 Å². The number of hydrogen-bond acceptors (Lipinski definition) is 9. The Balaban J connectivity index is 0. The van der Waals surface area contributed by atoms with E-state index in [-0.39, 0.29) is 18.3 Å². The Bertz CT molecular complexity index is 937.